The van der Waals surface area contributed by atoms with Crippen LogP contribution in [0.2, 0.25) is 5.02 Å². The Bertz CT molecular complexity index is 609. The first-order valence-corrected chi connectivity index (χ1v) is 7.62. The van der Waals surface area contributed by atoms with E-state index in [0.717, 1.165) is 37.2 Å². The number of nitrogens with zero attached hydrogens (tertiary/aromatic N) is 2. The fourth-order valence-electron chi connectivity index (χ4n) is 2.53. The minimum absolute atomic E-state index is 0.287. The van der Waals surface area contributed by atoms with Crippen LogP contribution in [0.1, 0.15) is 31.6 Å². The third-order valence-electron chi connectivity index (χ3n) is 3.57. The molecule has 0 radical (unpaired) electrons. The third kappa shape index (κ3) is 3.19. The van der Waals surface area contributed by atoms with Crippen LogP contribution in [0.3, 0.4) is 0 Å². The van der Waals surface area contributed by atoms with Gasteiger partial charge in [-0.3, -0.25) is 0 Å². The maximum Gasteiger partial charge on any atom is 0.231 e. The molecule has 0 spiro atoms. The molecule has 112 valence electrons. The summed E-state index contributed by atoms with van der Waals surface area (Å²) in [6.07, 6.45) is 2.20. The second-order valence-electron chi connectivity index (χ2n) is 5.07. The van der Waals surface area contributed by atoms with Gasteiger partial charge < -0.3 is 14.6 Å². The highest BCUT2D eigenvalue weighted by atomic mass is 35.5. The number of rotatable bonds is 4. The number of hydrogen-bond donors (Lipinski definition) is 1. The lowest BCUT2D eigenvalue weighted by molar-refractivity contribution is 0.322. The summed E-state index contributed by atoms with van der Waals surface area (Å²) in [4.78, 5) is 4.53. The summed E-state index contributed by atoms with van der Waals surface area (Å²) in [7, 11) is 0. The Morgan fingerprint density at radius 3 is 3.14 bits per heavy atom. The van der Waals surface area contributed by atoms with Gasteiger partial charge in [-0.05, 0) is 44.5 Å². The number of halogens is 1. The lowest BCUT2D eigenvalue weighted by atomic mass is 10.00. The molecule has 1 saturated heterocycles. The van der Waals surface area contributed by atoms with E-state index in [1.807, 2.05) is 13.0 Å². The number of nitrogens with one attached hydrogen (secondary N) is 1. The summed E-state index contributed by atoms with van der Waals surface area (Å²) >= 11 is 6.07. The van der Waals surface area contributed by atoms with Crippen molar-refractivity contribution >= 4 is 11.6 Å². The van der Waals surface area contributed by atoms with Gasteiger partial charge in [0.25, 0.3) is 0 Å². The van der Waals surface area contributed by atoms with Crippen molar-refractivity contribution in [1.29, 1.82) is 0 Å². The van der Waals surface area contributed by atoms with Crippen LogP contribution in [0.4, 0.5) is 0 Å². The summed E-state index contributed by atoms with van der Waals surface area (Å²) in [5, 5.41) is 8.07. The van der Waals surface area contributed by atoms with Gasteiger partial charge in [0, 0.05) is 11.6 Å². The second-order valence-corrected chi connectivity index (χ2v) is 5.51. The molecule has 2 heterocycles. The van der Waals surface area contributed by atoms with E-state index in [1.165, 1.54) is 0 Å². The molecule has 5 nitrogen and oxygen atoms in total. The Morgan fingerprint density at radius 1 is 1.48 bits per heavy atom. The van der Waals surface area contributed by atoms with E-state index in [9.17, 15) is 0 Å². The molecule has 0 amide bonds. The lowest BCUT2D eigenvalue weighted by Gasteiger charge is -2.18. The van der Waals surface area contributed by atoms with Crippen molar-refractivity contribution in [2.24, 2.45) is 0 Å². The van der Waals surface area contributed by atoms with Gasteiger partial charge in [0.05, 0.1) is 18.1 Å². The van der Waals surface area contributed by atoms with Crippen LogP contribution in [-0.4, -0.2) is 29.8 Å². The van der Waals surface area contributed by atoms with Gasteiger partial charge in [0.2, 0.25) is 11.7 Å². The third-order valence-corrected chi connectivity index (χ3v) is 3.81. The molecule has 1 N–H and O–H groups in total. The molecule has 6 heteroatoms. The van der Waals surface area contributed by atoms with Crippen LogP contribution in [0.5, 0.6) is 5.75 Å². The predicted molar refractivity (Wildman–Crippen MR) is 80.8 cm³/mol. The largest absolute Gasteiger partial charge is 0.493 e. The molecule has 21 heavy (non-hydrogen) atoms. The Kier molecular flexibility index (Phi) is 4.41. The zero-order chi connectivity index (χ0) is 14.7. The SMILES string of the molecule is CCOc1ccc(Cl)cc1-c1noc([C@@H]2CCCNC2)n1. The first-order chi connectivity index (χ1) is 10.3. The smallest absolute Gasteiger partial charge is 0.231 e. The average molecular weight is 308 g/mol. The molecular formula is C15H18ClN3O2. The average Bonchev–Trinajstić information content (AvgIpc) is 3.00. The normalized spacial score (nSPS) is 18.7. The summed E-state index contributed by atoms with van der Waals surface area (Å²) in [6.45, 7) is 4.45. The number of aromatic nitrogens is 2. The number of ether oxygens (including phenoxy) is 1. The van der Waals surface area contributed by atoms with Gasteiger partial charge in [-0.2, -0.15) is 4.98 Å². The minimum Gasteiger partial charge on any atom is -0.493 e. The Labute approximate surface area is 128 Å². The van der Waals surface area contributed by atoms with E-state index in [0.29, 0.717) is 23.3 Å². The standard InChI is InChI=1S/C15H18ClN3O2/c1-2-20-13-6-5-11(16)8-12(13)14-18-15(21-19-14)10-4-3-7-17-9-10/h5-6,8,10,17H,2-4,7,9H2,1H3/t10-/m1/s1. The molecule has 1 fully saturated rings. The van der Waals surface area contributed by atoms with E-state index in [1.54, 1.807) is 12.1 Å². The van der Waals surface area contributed by atoms with Gasteiger partial charge in [-0.1, -0.05) is 16.8 Å². The van der Waals surface area contributed by atoms with Crippen LogP contribution in [0.25, 0.3) is 11.4 Å². The van der Waals surface area contributed by atoms with Crippen molar-refractivity contribution in [2.45, 2.75) is 25.7 Å². The van der Waals surface area contributed by atoms with Crippen LogP contribution >= 0.6 is 11.6 Å². The Balaban J connectivity index is 1.90. The number of benzene rings is 1. The van der Waals surface area contributed by atoms with Crippen molar-refractivity contribution in [1.82, 2.24) is 15.5 Å². The van der Waals surface area contributed by atoms with Gasteiger partial charge >= 0.3 is 0 Å². The van der Waals surface area contributed by atoms with E-state index >= 15 is 0 Å². The molecule has 0 bridgehead atoms. The molecule has 2 aromatic rings. The van der Waals surface area contributed by atoms with Gasteiger partial charge in [0.15, 0.2) is 0 Å². The van der Waals surface area contributed by atoms with E-state index in [2.05, 4.69) is 15.5 Å². The molecule has 1 aliphatic rings. The topological polar surface area (TPSA) is 60.2 Å². The molecular weight excluding hydrogens is 290 g/mol. The maximum atomic E-state index is 6.07. The van der Waals surface area contributed by atoms with E-state index in [4.69, 9.17) is 20.9 Å². The molecule has 1 atom stereocenters. The Hall–Kier alpha value is -1.59. The van der Waals surface area contributed by atoms with Crippen molar-refractivity contribution in [2.75, 3.05) is 19.7 Å². The lowest BCUT2D eigenvalue weighted by Crippen LogP contribution is -2.28. The van der Waals surface area contributed by atoms with E-state index < -0.39 is 0 Å². The molecule has 0 aliphatic carbocycles. The Morgan fingerprint density at radius 2 is 2.38 bits per heavy atom. The first-order valence-electron chi connectivity index (χ1n) is 7.25. The van der Waals surface area contributed by atoms with Crippen LogP contribution in [-0.2, 0) is 0 Å². The fourth-order valence-corrected chi connectivity index (χ4v) is 2.70. The van der Waals surface area contributed by atoms with Crippen LogP contribution < -0.4 is 10.1 Å². The number of piperidine rings is 1. The first kappa shape index (κ1) is 14.4. The quantitative estimate of drug-likeness (QED) is 0.939. The fraction of sp³-hybridized carbons (Fsp3) is 0.467. The van der Waals surface area contributed by atoms with Crippen molar-refractivity contribution in [3.05, 3.63) is 29.1 Å². The maximum absolute atomic E-state index is 6.07. The van der Waals surface area contributed by atoms with Crippen molar-refractivity contribution < 1.29 is 9.26 Å². The summed E-state index contributed by atoms with van der Waals surface area (Å²) < 4.78 is 11.0. The molecule has 1 aromatic heterocycles. The zero-order valence-corrected chi connectivity index (χ0v) is 12.7. The zero-order valence-electron chi connectivity index (χ0n) is 11.9. The molecule has 1 aromatic carbocycles. The van der Waals surface area contributed by atoms with Crippen molar-refractivity contribution in [3.8, 4) is 17.1 Å². The minimum atomic E-state index is 0.287. The summed E-state index contributed by atoms with van der Waals surface area (Å²) in [5.41, 5.74) is 0.767. The molecule has 0 saturated carbocycles. The van der Waals surface area contributed by atoms with Crippen molar-refractivity contribution in [3.63, 3.8) is 0 Å². The van der Waals surface area contributed by atoms with Gasteiger partial charge in [-0.25, -0.2) is 0 Å². The van der Waals surface area contributed by atoms with E-state index in [-0.39, 0.29) is 5.92 Å². The van der Waals surface area contributed by atoms with Crippen LogP contribution in [0, 0.1) is 0 Å². The number of hydrogen-bond acceptors (Lipinski definition) is 5. The molecule has 3 rings (SSSR count). The monoisotopic (exact) mass is 307 g/mol. The van der Waals surface area contributed by atoms with Gasteiger partial charge in [0.1, 0.15) is 5.75 Å². The highest BCUT2D eigenvalue weighted by Crippen LogP contribution is 2.32. The predicted octanol–water partition coefficient (Wildman–Crippen LogP) is 3.26. The molecule has 0 unspecified atom stereocenters. The van der Waals surface area contributed by atoms with Crippen LogP contribution in [0.15, 0.2) is 22.7 Å². The highest BCUT2D eigenvalue weighted by Gasteiger charge is 2.22. The summed E-state index contributed by atoms with van der Waals surface area (Å²) in [5.74, 6) is 2.21. The summed E-state index contributed by atoms with van der Waals surface area (Å²) in [6, 6.07) is 5.43. The second kappa shape index (κ2) is 6.45. The molecule has 1 aliphatic heterocycles. The highest BCUT2D eigenvalue weighted by molar-refractivity contribution is 6.30. The van der Waals surface area contributed by atoms with Gasteiger partial charge in [-0.15, -0.1) is 0 Å².